The Morgan fingerprint density at radius 3 is 2.53 bits per heavy atom. The number of ether oxygens (including phenoxy) is 1. The van der Waals surface area contributed by atoms with Crippen LogP contribution >= 0.6 is 0 Å². The molecule has 0 fully saturated rings. The summed E-state index contributed by atoms with van der Waals surface area (Å²) >= 11 is 0. The molecule has 1 N–H and O–H groups in total. The Labute approximate surface area is 99.1 Å². The van der Waals surface area contributed by atoms with Crippen LogP contribution in [0.5, 0.6) is 0 Å². The van der Waals surface area contributed by atoms with Crippen LogP contribution in [0.2, 0.25) is 0 Å². The number of hydrogen-bond acceptors (Lipinski definition) is 3. The van der Waals surface area contributed by atoms with Gasteiger partial charge in [0.2, 0.25) is 0 Å². The van der Waals surface area contributed by atoms with Crippen molar-refractivity contribution in [1.29, 1.82) is 0 Å². The molecule has 17 heavy (non-hydrogen) atoms. The number of carbonyl (C=O) groups is 1. The van der Waals surface area contributed by atoms with Crippen LogP contribution in [0.25, 0.3) is 0 Å². The van der Waals surface area contributed by atoms with E-state index in [1.165, 1.54) is 4.90 Å². The summed E-state index contributed by atoms with van der Waals surface area (Å²) in [5.41, 5.74) is 0.853. The van der Waals surface area contributed by atoms with Crippen LogP contribution in [0.4, 0.5) is 4.79 Å². The molecule has 94 valence electrons. The van der Waals surface area contributed by atoms with Crippen molar-refractivity contribution in [2.45, 2.75) is 39.5 Å². The number of aromatic amines is 1. The van der Waals surface area contributed by atoms with Gasteiger partial charge in [0.05, 0.1) is 24.3 Å². The molecule has 2 heterocycles. The van der Waals surface area contributed by atoms with Gasteiger partial charge in [-0.05, 0) is 20.8 Å². The van der Waals surface area contributed by atoms with Crippen molar-refractivity contribution in [3.63, 3.8) is 0 Å². The standard InChI is InChI=1S/C11H17N3O3/c1-11(2,3)17-10(16)14-5-7-8(6-14)13(4)12-9(7)15/h5-6H2,1-4H3,(H,12,15). The lowest BCUT2D eigenvalue weighted by Crippen LogP contribution is -2.34. The zero-order valence-electron chi connectivity index (χ0n) is 10.5. The van der Waals surface area contributed by atoms with E-state index >= 15 is 0 Å². The molecule has 0 saturated heterocycles. The molecule has 0 aromatic carbocycles. The highest BCUT2D eigenvalue weighted by Gasteiger charge is 2.31. The van der Waals surface area contributed by atoms with Gasteiger partial charge in [0.1, 0.15) is 5.60 Å². The second-order valence-corrected chi connectivity index (χ2v) is 5.26. The van der Waals surface area contributed by atoms with Gasteiger partial charge in [0.15, 0.2) is 0 Å². The van der Waals surface area contributed by atoms with Crippen molar-refractivity contribution in [1.82, 2.24) is 14.7 Å². The van der Waals surface area contributed by atoms with E-state index in [1.807, 2.05) is 20.8 Å². The molecule has 1 amide bonds. The van der Waals surface area contributed by atoms with Gasteiger partial charge in [0, 0.05) is 7.05 Å². The van der Waals surface area contributed by atoms with Gasteiger partial charge in [-0.3, -0.25) is 19.5 Å². The second-order valence-electron chi connectivity index (χ2n) is 5.26. The molecule has 1 aromatic rings. The number of nitrogens with zero attached hydrogens (tertiary/aromatic N) is 2. The Morgan fingerprint density at radius 2 is 2.00 bits per heavy atom. The van der Waals surface area contributed by atoms with Gasteiger partial charge < -0.3 is 4.74 Å². The molecule has 0 aliphatic carbocycles. The fourth-order valence-electron chi connectivity index (χ4n) is 1.87. The average molecular weight is 239 g/mol. The minimum Gasteiger partial charge on any atom is -0.444 e. The number of amides is 1. The first-order chi connectivity index (χ1) is 7.78. The summed E-state index contributed by atoms with van der Waals surface area (Å²) in [5, 5.41) is 2.67. The van der Waals surface area contributed by atoms with E-state index in [2.05, 4.69) is 5.10 Å². The minimum absolute atomic E-state index is 0.131. The molecule has 1 aliphatic rings. The number of hydrogen-bond donors (Lipinski definition) is 1. The third kappa shape index (κ3) is 2.20. The Bertz CT molecular complexity index is 507. The van der Waals surface area contributed by atoms with Crippen LogP contribution in [-0.4, -0.2) is 26.4 Å². The van der Waals surface area contributed by atoms with Crippen molar-refractivity contribution in [2.75, 3.05) is 0 Å². The number of nitrogens with one attached hydrogen (secondary N) is 1. The largest absolute Gasteiger partial charge is 0.444 e. The molecule has 0 spiro atoms. The molecule has 0 radical (unpaired) electrons. The maximum Gasteiger partial charge on any atom is 0.410 e. The first-order valence-corrected chi connectivity index (χ1v) is 5.52. The molecule has 2 rings (SSSR count). The predicted molar refractivity (Wildman–Crippen MR) is 61.5 cm³/mol. The summed E-state index contributed by atoms with van der Waals surface area (Å²) < 4.78 is 6.92. The highest BCUT2D eigenvalue weighted by molar-refractivity contribution is 5.69. The van der Waals surface area contributed by atoms with Crippen LogP contribution in [0.3, 0.4) is 0 Å². The SMILES string of the molecule is Cn1[nH]c(=O)c2c1CN(C(=O)OC(C)(C)C)C2. The molecule has 0 atom stereocenters. The van der Waals surface area contributed by atoms with Crippen LogP contribution in [0.1, 0.15) is 32.0 Å². The van der Waals surface area contributed by atoms with E-state index in [4.69, 9.17) is 4.74 Å². The quantitative estimate of drug-likeness (QED) is 0.733. The minimum atomic E-state index is -0.516. The molecule has 0 unspecified atom stereocenters. The first-order valence-electron chi connectivity index (χ1n) is 5.52. The van der Waals surface area contributed by atoms with Crippen LogP contribution in [0, 0.1) is 0 Å². The first kappa shape index (κ1) is 11.8. The van der Waals surface area contributed by atoms with Gasteiger partial charge in [0.25, 0.3) is 5.56 Å². The van der Waals surface area contributed by atoms with E-state index < -0.39 is 5.60 Å². The number of rotatable bonds is 0. The number of fused-ring (bicyclic) bond motifs is 1. The molecule has 0 bridgehead atoms. The maximum atomic E-state index is 11.8. The lowest BCUT2D eigenvalue weighted by atomic mass is 10.2. The zero-order chi connectivity index (χ0) is 12.8. The second kappa shape index (κ2) is 3.65. The Morgan fingerprint density at radius 1 is 1.35 bits per heavy atom. The van der Waals surface area contributed by atoms with Crippen molar-refractivity contribution in [3.8, 4) is 0 Å². The summed E-state index contributed by atoms with van der Waals surface area (Å²) in [6.45, 7) is 6.20. The fraction of sp³-hybridized carbons (Fsp3) is 0.636. The molecule has 6 nitrogen and oxygen atoms in total. The van der Waals surface area contributed by atoms with Crippen LogP contribution in [-0.2, 0) is 24.9 Å². The average Bonchev–Trinajstić information content (AvgIpc) is 2.67. The summed E-state index contributed by atoms with van der Waals surface area (Å²) in [5.74, 6) is 0. The highest BCUT2D eigenvalue weighted by atomic mass is 16.6. The van der Waals surface area contributed by atoms with Crippen molar-refractivity contribution in [2.24, 2.45) is 7.05 Å². The Kier molecular flexibility index (Phi) is 2.52. The van der Waals surface area contributed by atoms with Gasteiger partial charge in [-0.25, -0.2) is 4.79 Å². The van der Waals surface area contributed by atoms with Gasteiger partial charge in [-0.1, -0.05) is 0 Å². The topological polar surface area (TPSA) is 67.3 Å². The van der Waals surface area contributed by atoms with Crippen LogP contribution < -0.4 is 5.56 Å². The number of aromatic nitrogens is 2. The molecular formula is C11H17N3O3. The van der Waals surface area contributed by atoms with Crippen molar-refractivity contribution < 1.29 is 9.53 Å². The van der Waals surface area contributed by atoms with Crippen molar-refractivity contribution in [3.05, 3.63) is 21.6 Å². The lowest BCUT2D eigenvalue weighted by molar-refractivity contribution is 0.0238. The Balaban J connectivity index is 2.13. The third-order valence-electron chi connectivity index (χ3n) is 2.64. The number of carbonyl (C=O) groups excluding carboxylic acids is 1. The normalized spacial score (nSPS) is 14.9. The van der Waals surface area contributed by atoms with E-state index in [0.29, 0.717) is 18.7 Å². The fourth-order valence-corrected chi connectivity index (χ4v) is 1.87. The highest BCUT2D eigenvalue weighted by Crippen LogP contribution is 2.21. The molecule has 1 aromatic heterocycles. The van der Waals surface area contributed by atoms with Gasteiger partial charge in [-0.15, -0.1) is 0 Å². The molecule has 6 heteroatoms. The summed E-state index contributed by atoms with van der Waals surface area (Å²) in [4.78, 5) is 24.9. The maximum absolute atomic E-state index is 11.8. The van der Waals surface area contributed by atoms with E-state index in [-0.39, 0.29) is 11.7 Å². The van der Waals surface area contributed by atoms with E-state index in [9.17, 15) is 9.59 Å². The van der Waals surface area contributed by atoms with E-state index in [1.54, 1.807) is 11.7 Å². The number of H-pyrrole nitrogens is 1. The monoisotopic (exact) mass is 239 g/mol. The third-order valence-corrected chi connectivity index (χ3v) is 2.64. The van der Waals surface area contributed by atoms with Gasteiger partial charge in [-0.2, -0.15) is 0 Å². The molecular weight excluding hydrogens is 222 g/mol. The lowest BCUT2D eigenvalue weighted by Gasteiger charge is -2.24. The van der Waals surface area contributed by atoms with Crippen molar-refractivity contribution >= 4 is 6.09 Å². The molecule has 1 aliphatic heterocycles. The number of aryl methyl sites for hydroxylation is 1. The summed E-state index contributed by atoms with van der Waals surface area (Å²) in [6.07, 6.45) is -0.381. The zero-order valence-corrected chi connectivity index (χ0v) is 10.5. The summed E-state index contributed by atoms with van der Waals surface area (Å²) in [6, 6.07) is 0. The smallest absolute Gasteiger partial charge is 0.410 e. The van der Waals surface area contributed by atoms with E-state index in [0.717, 1.165) is 5.69 Å². The summed E-state index contributed by atoms with van der Waals surface area (Å²) in [7, 11) is 1.76. The predicted octanol–water partition coefficient (Wildman–Crippen LogP) is 0.964. The Hall–Kier alpha value is -1.72. The van der Waals surface area contributed by atoms with Crippen LogP contribution in [0.15, 0.2) is 4.79 Å². The molecule has 0 saturated carbocycles. The van der Waals surface area contributed by atoms with Gasteiger partial charge >= 0.3 is 6.09 Å².